The fraction of sp³-hybridized carbons (Fsp3) is 0.714. The van der Waals surface area contributed by atoms with Crippen LogP contribution >= 0.6 is 11.3 Å². The molecule has 1 aromatic rings. The van der Waals surface area contributed by atoms with Crippen LogP contribution < -0.4 is 4.90 Å². The Morgan fingerprint density at radius 1 is 1.26 bits per heavy atom. The molecule has 0 saturated carbocycles. The third-order valence-corrected chi connectivity index (χ3v) is 5.29. The summed E-state index contributed by atoms with van der Waals surface area (Å²) in [4.78, 5) is 22.1. The van der Waals surface area contributed by atoms with Gasteiger partial charge >= 0.3 is 0 Å². The van der Waals surface area contributed by atoms with Gasteiger partial charge in [0.15, 0.2) is 10.9 Å². The molecule has 0 bridgehead atoms. The summed E-state index contributed by atoms with van der Waals surface area (Å²) in [5.74, 6) is 0.290. The third kappa shape index (κ3) is 2.82. The molecule has 2 aliphatic rings. The summed E-state index contributed by atoms with van der Waals surface area (Å²) < 4.78 is 0. The van der Waals surface area contributed by atoms with E-state index in [4.69, 9.17) is 0 Å². The van der Waals surface area contributed by atoms with E-state index in [0.29, 0.717) is 6.42 Å². The number of carbonyl (C=O) groups excluding carboxylic acids is 1. The zero-order valence-corrected chi connectivity index (χ0v) is 12.3. The van der Waals surface area contributed by atoms with Gasteiger partial charge in [0.1, 0.15) is 0 Å². The molecule has 0 N–H and O–H groups in total. The minimum Gasteiger partial charge on any atom is -0.350 e. The molecule has 1 aliphatic carbocycles. The Balaban J connectivity index is 1.63. The summed E-state index contributed by atoms with van der Waals surface area (Å²) in [5.41, 5.74) is 1.03. The molecule has 19 heavy (non-hydrogen) atoms. The Morgan fingerprint density at radius 2 is 2.05 bits per heavy atom. The Bertz CT molecular complexity index is 465. The number of carbonyl (C=O) groups is 1. The molecule has 3 rings (SSSR count). The lowest BCUT2D eigenvalue weighted by atomic mass is 10.0. The van der Waals surface area contributed by atoms with E-state index in [-0.39, 0.29) is 5.78 Å². The van der Waals surface area contributed by atoms with E-state index in [1.54, 1.807) is 11.3 Å². The van der Waals surface area contributed by atoms with Gasteiger partial charge < -0.3 is 9.80 Å². The van der Waals surface area contributed by atoms with Crippen LogP contribution in [0.4, 0.5) is 5.13 Å². The molecule has 4 nitrogen and oxygen atoms in total. The largest absolute Gasteiger partial charge is 0.350 e. The van der Waals surface area contributed by atoms with Crippen molar-refractivity contribution >= 4 is 22.3 Å². The first-order valence-electron chi connectivity index (χ1n) is 7.20. The third-order valence-electron chi connectivity index (χ3n) is 4.03. The van der Waals surface area contributed by atoms with Crippen LogP contribution in [0.2, 0.25) is 0 Å². The summed E-state index contributed by atoms with van der Waals surface area (Å²) in [6, 6.07) is 0. The van der Waals surface area contributed by atoms with E-state index in [1.165, 1.54) is 25.9 Å². The maximum atomic E-state index is 11.8. The Morgan fingerprint density at radius 3 is 2.79 bits per heavy atom. The lowest BCUT2D eigenvalue weighted by Crippen LogP contribution is -2.31. The van der Waals surface area contributed by atoms with Crippen LogP contribution in [0.1, 0.15) is 41.0 Å². The molecule has 1 fully saturated rings. The fourth-order valence-corrected chi connectivity index (χ4v) is 3.88. The van der Waals surface area contributed by atoms with Crippen molar-refractivity contribution in [1.82, 2.24) is 9.88 Å². The minimum absolute atomic E-state index is 0.290. The average molecular weight is 279 g/mol. The molecule has 0 amide bonds. The maximum Gasteiger partial charge on any atom is 0.186 e. The molecule has 0 spiro atoms. The number of aromatic nitrogens is 1. The number of anilines is 1. The molecular formula is C14H21N3OS. The smallest absolute Gasteiger partial charge is 0.186 e. The molecule has 0 radical (unpaired) electrons. The Kier molecular flexibility index (Phi) is 3.84. The van der Waals surface area contributed by atoms with Gasteiger partial charge in [-0.15, -0.1) is 0 Å². The number of likely N-dealkylation sites (tertiary alicyclic amines) is 1. The topological polar surface area (TPSA) is 36.4 Å². The monoisotopic (exact) mass is 279 g/mol. The number of thiazole rings is 1. The highest BCUT2D eigenvalue weighted by Crippen LogP contribution is 2.31. The molecule has 1 aliphatic heterocycles. The molecule has 2 heterocycles. The zero-order valence-electron chi connectivity index (χ0n) is 11.5. The lowest BCUT2D eigenvalue weighted by molar-refractivity contribution is 0.0976. The first-order valence-corrected chi connectivity index (χ1v) is 8.02. The van der Waals surface area contributed by atoms with Crippen molar-refractivity contribution in [3.05, 3.63) is 10.6 Å². The van der Waals surface area contributed by atoms with E-state index >= 15 is 0 Å². The predicted octanol–water partition coefficient (Wildman–Crippen LogP) is 2.19. The van der Waals surface area contributed by atoms with E-state index in [1.807, 2.05) is 0 Å². The van der Waals surface area contributed by atoms with Gasteiger partial charge in [-0.3, -0.25) is 4.79 Å². The highest BCUT2D eigenvalue weighted by atomic mass is 32.1. The number of nitrogens with zero attached hydrogens (tertiary/aromatic N) is 3. The van der Waals surface area contributed by atoms with Crippen LogP contribution in [0.15, 0.2) is 0 Å². The van der Waals surface area contributed by atoms with Crippen molar-refractivity contribution < 1.29 is 4.79 Å². The molecule has 1 saturated heterocycles. The molecule has 5 heteroatoms. The fourth-order valence-electron chi connectivity index (χ4n) is 2.81. The molecule has 0 atom stereocenters. The molecule has 1 aromatic heterocycles. The normalized spacial score (nSPS) is 19.7. The number of likely N-dealkylation sites (N-methyl/N-ethyl adjacent to an activating group) is 1. The second-order valence-electron chi connectivity index (χ2n) is 5.52. The first-order chi connectivity index (χ1) is 9.24. The minimum atomic E-state index is 0.290. The van der Waals surface area contributed by atoms with Gasteiger partial charge in [-0.05, 0) is 38.8 Å². The Labute approximate surface area is 118 Å². The van der Waals surface area contributed by atoms with Crippen LogP contribution in [0.3, 0.4) is 0 Å². The van der Waals surface area contributed by atoms with E-state index in [2.05, 4.69) is 21.8 Å². The zero-order chi connectivity index (χ0) is 13.2. The number of Topliss-reactive ketones (excluding diaryl/α,β-unsaturated/α-hetero) is 1. The lowest BCUT2D eigenvalue weighted by Gasteiger charge is -2.20. The number of hydrogen-bond donors (Lipinski definition) is 0. The summed E-state index contributed by atoms with van der Waals surface area (Å²) in [6.07, 6.45) is 5.31. The van der Waals surface area contributed by atoms with Crippen LogP contribution in [-0.4, -0.2) is 48.9 Å². The van der Waals surface area contributed by atoms with Crippen molar-refractivity contribution in [2.24, 2.45) is 0 Å². The van der Waals surface area contributed by atoms with Gasteiger partial charge in [-0.25, -0.2) is 4.98 Å². The molecule has 0 aromatic carbocycles. The van der Waals surface area contributed by atoms with Gasteiger partial charge in [0.2, 0.25) is 0 Å². The molecule has 104 valence electrons. The maximum absolute atomic E-state index is 11.8. The van der Waals surface area contributed by atoms with Gasteiger partial charge in [0.25, 0.3) is 0 Å². The second-order valence-corrected chi connectivity index (χ2v) is 6.50. The number of hydrogen-bond acceptors (Lipinski definition) is 5. The second kappa shape index (κ2) is 5.59. The SMILES string of the molecule is CN(CCN1CCCC1)c1nc2c(s1)C(=O)CCC2. The van der Waals surface area contributed by atoms with Crippen molar-refractivity contribution in [3.8, 4) is 0 Å². The van der Waals surface area contributed by atoms with Crippen LogP contribution in [-0.2, 0) is 6.42 Å². The standard InChI is InChI=1S/C14H21N3OS/c1-16(9-10-17-7-2-3-8-17)14-15-11-5-4-6-12(18)13(11)19-14/h2-10H2,1H3. The van der Waals surface area contributed by atoms with E-state index in [0.717, 1.165) is 41.6 Å². The molecule has 0 unspecified atom stereocenters. The summed E-state index contributed by atoms with van der Waals surface area (Å²) >= 11 is 1.58. The molecular weight excluding hydrogens is 258 g/mol. The van der Waals surface area contributed by atoms with Gasteiger partial charge in [0, 0.05) is 26.6 Å². The van der Waals surface area contributed by atoms with Gasteiger partial charge in [-0.2, -0.15) is 0 Å². The summed E-state index contributed by atoms with van der Waals surface area (Å²) in [7, 11) is 2.09. The van der Waals surface area contributed by atoms with Gasteiger partial charge in [0.05, 0.1) is 10.6 Å². The van der Waals surface area contributed by atoms with Crippen molar-refractivity contribution in [2.45, 2.75) is 32.1 Å². The summed E-state index contributed by atoms with van der Waals surface area (Å²) in [6.45, 7) is 4.58. The predicted molar refractivity (Wildman–Crippen MR) is 78.3 cm³/mol. The van der Waals surface area contributed by atoms with E-state index < -0.39 is 0 Å². The number of aryl methyl sites for hydroxylation is 1. The highest BCUT2D eigenvalue weighted by molar-refractivity contribution is 7.17. The van der Waals surface area contributed by atoms with Gasteiger partial charge in [-0.1, -0.05) is 11.3 Å². The number of ketones is 1. The highest BCUT2D eigenvalue weighted by Gasteiger charge is 2.23. The quantitative estimate of drug-likeness (QED) is 0.846. The van der Waals surface area contributed by atoms with Crippen LogP contribution in [0.25, 0.3) is 0 Å². The number of rotatable bonds is 4. The number of fused-ring (bicyclic) bond motifs is 1. The van der Waals surface area contributed by atoms with Crippen molar-refractivity contribution in [3.63, 3.8) is 0 Å². The van der Waals surface area contributed by atoms with Crippen molar-refractivity contribution in [2.75, 3.05) is 38.1 Å². The first kappa shape index (κ1) is 13.1. The van der Waals surface area contributed by atoms with Crippen LogP contribution in [0.5, 0.6) is 0 Å². The Hall–Kier alpha value is -0.940. The van der Waals surface area contributed by atoms with E-state index in [9.17, 15) is 4.79 Å². The van der Waals surface area contributed by atoms with Crippen molar-refractivity contribution in [1.29, 1.82) is 0 Å². The van der Waals surface area contributed by atoms with Crippen LogP contribution in [0, 0.1) is 0 Å². The average Bonchev–Trinajstić information content (AvgIpc) is 3.05. The summed E-state index contributed by atoms with van der Waals surface area (Å²) in [5, 5.41) is 1.01.